The number of hydrogen-bond donors (Lipinski definition) is 0. The van der Waals surface area contributed by atoms with Crippen molar-refractivity contribution < 1.29 is 17.6 Å². The number of benzene rings is 1. The van der Waals surface area contributed by atoms with Gasteiger partial charge in [0, 0.05) is 13.1 Å². The van der Waals surface area contributed by atoms with E-state index < -0.39 is 14.6 Å². The maximum Gasteiger partial charge on any atom is 0.226 e. The van der Waals surface area contributed by atoms with Gasteiger partial charge in [0.25, 0.3) is 0 Å². The van der Waals surface area contributed by atoms with Crippen LogP contribution in [0.5, 0.6) is 0 Å². The fourth-order valence-corrected chi connectivity index (χ4v) is 4.47. The van der Waals surface area contributed by atoms with Crippen LogP contribution in [0.25, 0.3) is 0 Å². The van der Waals surface area contributed by atoms with E-state index in [-0.39, 0.29) is 29.8 Å². The molecule has 4 nitrogen and oxygen atoms in total. The Morgan fingerprint density at radius 2 is 1.84 bits per heavy atom. The molecule has 1 heterocycles. The molecule has 1 fully saturated rings. The molecule has 0 unspecified atom stereocenters. The summed E-state index contributed by atoms with van der Waals surface area (Å²) in [4.78, 5) is 14.2. The molecule has 0 atom stereocenters. The second-order valence-electron chi connectivity index (χ2n) is 7.98. The third kappa shape index (κ3) is 5.03. The minimum Gasteiger partial charge on any atom is -0.342 e. The first-order chi connectivity index (χ1) is 11.5. The maximum absolute atomic E-state index is 13.3. The number of piperidine rings is 1. The Kier molecular flexibility index (Phi) is 5.92. The molecule has 0 aromatic heterocycles. The van der Waals surface area contributed by atoms with Gasteiger partial charge < -0.3 is 4.90 Å². The third-order valence-corrected chi connectivity index (χ3v) is 7.71. The van der Waals surface area contributed by atoms with E-state index in [1.807, 2.05) is 0 Å². The Morgan fingerprint density at radius 3 is 2.36 bits per heavy atom. The van der Waals surface area contributed by atoms with Crippen molar-refractivity contribution in [2.75, 3.05) is 18.8 Å². The average molecular weight is 370 g/mol. The van der Waals surface area contributed by atoms with Crippen molar-refractivity contribution in [3.8, 4) is 0 Å². The Bertz CT molecular complexity index is 730. The van der Waals surface area contributed by atoms with Gasteiger partial charge in [-0.2, -0.15) is 0 Å². The lowest BCUT2D eigenvalue weighted by Gasteiger charge is -2.33. The van der Waals surface area contributed by atoms with Crippen molar-refractivity contribution in [1.82, 2.24) is 4.90 Å². The minimum absolute atomic E-state index is 0.0168. The molecule has 0 saturated carbocycles. The molecule has 0 aliphatic carbocycles. The smallest absolute Gasteiger partial charge is 0.226 e. The zero-order valence-corrected chi connectivity index (χ0v) is 16.3. The largest absolute Gasteiger partial charge is 0.342 e. The second kappa shape index (κ2) is 7.44. The van der Waals surface area contributed by atoms with Crippen LogP contribution in [0.3, 0.4) is 0 Å². The van der Waals surface area contributed by atoms with E-state index in [1.165, 1.54) is 6.07 Å². The highest BCUT2D eigenvalue weighted by atomic mass is 32.2. The molecule has 1 aliphatic heterocycles. The SMILES string of the molecule is Cc1cc(CC(=O)N2CCC(CS(=O)(=O)C(C)(C)C)CC2)ccc1F. The van der Waals surface area contributed by atoms with Gasteiger partial charge in [-0.15, -0.1) is 0 Å². The summed E-state index contributed by atoms with van der Waals surface area (Å²) in [6, 6.07) is 4.74. The van der Waals surface area contributed by atoms with Crippen molar-refractivity contribution in [1.29, 1.82) is 0 Å². The topological polar surface area (TPSA) is 54.5 Å². The third-order valence-electron chi connectivity index (χ3n) is 4.93. The number of carbonyl (C=O) groups excluding carboxylic acids is 1. The van der Waals surface area contributed by atoms with Gasteiger partial charge in [-0.05, 0) is 63.6 Å². The number of carbonyl (C=O) groups is 1. The number of halogens is 1. The first kappa shape index (κ1) is 19.9. The van der Waals surface area contributed by atoms with Crippen LogP contribution < -0.4 is 0 Å². The van der Waals surface area contributed by atoms with Crippen molar-refractivity contribution in [2.24, 2.45) is 5.92 Å². The van der Waals surface area contributed by atoms with Crippen LogP contribution in [-0.2, 0) is 21.1 Å². The maximum atomic E-state index is 13.3. The van der Waals surface area contributed by atoms with Crippen LogP contribution in [0.4, 0.5) is 4.39 Å². The van der Waals surface area contributed by atoms with Gasteiger partial charge in [0.05, 0.1) is 16.9 Å². The van der Waals surface area contributed by atoms with E-state index in [4.69, 9.17) is 0 Å². The quantitative estimate of drug-likeness (QED) is 0.819. The predicted molar refractivity (Wildman–Crippen MR) is 97.7 cm³/mol. The zero-order valence-electron chi connectivity index (χ0n) is 15.5. The summed E-state index contributed by atoms with van der Waals surface area (Å²) in [5.41, 5.74) is 1.35. The zero-order chi connectivity index (χ0) is 18.8. The molecule has 2 rings (SSSR count). The summed E-state index contributed by atoms with van der Waals surface area (Å²) >= 11 is 0. The predicted octanol–water partition coefficient (Wildman–Crippen LogP) is 3.13. The van der Waals surface area contributed by atoms with Gasteiger partial charge in [0.15, 0.2) is 9.84 Å². The Hall–Kier alpha value is -1.43. The molecule has 1 aromatic rings. The Morgan fingerprint density at radius 1 is 1.24 bits per heavy atom. The van der Waals surface area contributed by atoms with Crippen LogP contribution in [0.2, 0.25) is 0 Å². The monoisotopic (exact) mass is 369 g/mol. The molecule has 25 heavy (non-hydrogen) atoms. The number of aryl methyl sites for hydroxylation is 1. The van der Waals surface area contributed by atoms with E-state index in [0.717, 1.165) is 5.56 Å². The average Bonchev–Trinajstić information content (AvgIpc) is 2.50. The Labute approximate surface area is 150 Å². The van der Waals surface area contributed by atoms with Crippen LogP contribution in [-0.4, -0.2) is 42.8 Å². The van der Waals surface area contributed by atoms with Gasteiger partial charge in [-0.25, -0.2) is 12.8 Å². The van der Waals surface area contributed by atoms with Gasteiger partial charge in [-0.3, -0.25) is 4.79 Å². The van der Waals surface area contributed by atoms with Crippen LogP contribution in [0.15, 0.2) is 18.2 Å². The highest BCUT2D eigenvalue weighted by Crippen LogP contribution is 2.25. The molecule has 1 saturated heterocycles. The van der Waals surface area contributed by atoms with Crippen molar-refractivity contribution in [3.63, 3.8) is 0 Å². The number of rotatable bonds is 4. The van der Waals surface area contributed by atoms with Gasteiger partial charge >= 0.3 is 0 Å². The van der Waals surface area contributed by atoms with Crippen LogP contribution in [0.1, 0.15) is 44.7 Å². The van der Waals surface area contributed by atoms with Crippen LogP contribution >= 0.6 is 0 Å². The molecule has 6 heteroatoms. The molecular formula is C19H28FNO3S. The molecule has 0 N–H and O–H groups in total. The van der Waals surface area contributed by atoms with Gasteiger partial charge in [-0.1, -0.05) is 12.1 Å². The van der Waals surface area contributed by atoms with Gasteiger partial charge in [0.2, 0.25) is 5.91 Å². The van der Waals surface area contributed by atoms with Crippen molar-refractivity contribution >= 4 is 15.7 Å². The summed E-state index contributed by atoms with van der Waals surface area (Å²) in [6.45, 7) is 8.04. The highest BCUT2D eigenvalue weighted by Gasteiger charge is 2.33. The van der Waals surface area contributed by atoms with Crippen molar-refractivity contribution in [3.05, 3.63) is 35.1 Å². The summed E-state index contributed by atoms with van der Waals surface area (Å²) in [7, 11) is -3.13. The number of sulfone groups is 1. The molecule has 0 radical (unpaired) electrons. The lowest BCUT2D eigenvalue weighted by molar-refractivity contribution is -0.131. The first-order valence-electron chi connectivity index (χ1n) is 8.75. The molecule has 140 valence electrons. The molecule has 0 spiro atoms. The summed E-state index contributed by atoms with van der Waals surface area (Å²) in [6.07, 6.45) is 1.68. The normalized spacial score (nSPS) is 16.9. The lowest BCUT2D eigenvalue weighted by Crippen LogP contribution is -2.42. The van der Waals surface area contributed by atoms with E-state index in [1.54, 1.807) is 44.7 Å². The van der Waals surface area contributed by atoms with E-state index >= 15 is 0 Å². The molecule has 0 bridgehead atoms. The summed E-state index contributed by atoms with van der Waals surface area (Å²) in [5, 5.41) is 0. The van der Waals surface area contributed by atoms with E-state index in [0.29, 0.717) is 31.5 Å². The first-order valence-corrected chi connectivity index (χ1v) is 10.4. The number of hydrogen-bond acceptors (Lipinski definition) is 3. The summed E-state index contributed by atoms with van der Waals surface area (Å²) in [5.74, 6) is 0.0527. The number of nitrogens with zero attached hydrogens (tertiary/aromatic N) is 1. The highest BCUT2D eigenvalue weighted by molar-refractivity contribution is 7.92. The van der Waals surface area contributed by atoms with Crippen molar-refractivity contribution in [2.45, 2.75) is 51.7 Å². The van der Waals surface area contributed by atoms with Gasteiger partial charge in [0.1, 0.15) is 5.82 Å². The second-order valence-corrected chi connectivity index (χ2v) is 10.8. The minimum atomic E-state index is -3.13. The molecule has 1 aromatic carbocycles. The molecule has 1 amide bonds. The molecule has 1 aliphatic rings. The fraction of sp³-hybridized carbons (Fsp3) is 0.632. The van der Waals surface area contributed by atoms with E-state index in [2.05, 4.69) is 0 Å². The van der Waals surface area contributed by atoms with Crippen LogP contribution in [0, 0.1) is 18.7 Å². The standard InChI is InChI=1S/C19H28FNO3S/c1-14-11-16(5-6-17(14)20)12-18(22)21-9-7-15(8-10-21)13-25(23,24)19(2,3)4/h5-6,11,15H,7-10,12-13H2,1-4H3. The Balaban J connectivity index is 1.89. The number of amides is 1. The fourth-order valence-electron chi connectivity index (χ4n) is 3.01. The number of likely N-dealkylation sites (tertiary alicyclic amines) is 1. The lowest BCUT2D eigenvalue weighted by atomic mass is 9.98. The molecular weight excluding hydrogens is 341 g/mol. The van der Waals surface area contributed by atoms with E-state index in [9.17, 15) is 17.6 Å². The summed E-state index contributed by atoms with van der Waals surface area (Å²) < 4.78 is 37.2.